The number of rotatable bonds is 8. The molecule has 1 aromatic heterocycles. The van der Waals surface area contributed by atoms with E-state index in [0.29, 0.717) is 19.0 Å². The number of benzene rings is 2. The van der Waals surface area contributed by atoms with Gasteiger partial charge in [0.05, 0.1) is 29.2 Å². The third kappa shape index (κ3) is 4.89. The predicted octanol–water partition coefficient (Wildman–Crippen LogP) is 4.82. The molecule has 3 rings (SSSR count). The van der Waals surface area contributed by atoms with Crippen molar-refractivity contribution in [1.29, 1.82) is 0 Å². The topological polar surface area (TPSA) is 60.5 Å². The highest BCUT2D eigenvalue weighted by molar-refractivity contribution is 8.01. The van der Waals surface area contributed by atoms with Crippen LogP contribution < -0.4 is 14.8 Å². The van der Waals surface area contributed by atoms with Crippen molar-refractivity contribution in [3.8, 4) is 11.5 Å². The minimum atomic E-state index is -0.0616. The summed E-state index contributed by atoms with van der Waals surface area (Å²) in [5, 5.41) is 2.88. The third-order valence-corrected chi connectivity index (χ3v) is 5.59. The Bertz CT molecular complexity index is 878. The van der Waals surface area contributed by atoms with E-state index in [2.05, 4.69) is 10.3 Å². The second-order valence-corrected chi connectivity index (χ2v) is 7.59. The number of thiazole rings is 1. The number of ether oxygens (including phenoxy) is 2. The average molecular weight is 389 g/mol. The summed E-state index contributed by atoms with van der Waals surface area (Å²) in [4.78, 5) is 16.7. The molecule has 0 aliphatic carbocycles. The van der Waals surface area contributed by atoms with Crippen molar-refractivity contribution in [2.75, 3.05) is 24.3 Å². The molecule has 0 atom stereocenters. The summed E-state index contributed by atoms with van der Waals surface area (Å²) in [6, 6.07) is 13.2. The highest BCUT2D eigenvalue weighted by atomic mass is 32.2. The van der Waals surface area contributed by atoms with Gasteiger partial charge in [0.1, 0.15) is 11.5 Å². The summed E-state index contributed by atoms with van der Waals surface area (Å²) in [6.45, 7) is 5.15. The van der Waals surface area contributed by atoms with Crippen LogP contribution in [0.25, 0.3) is 10.2 Å². The number of carbonyl (C=O) groups is 1. The van der Waals surface area contributed by atoms with Gasteiger partial charge in [0.2, 0.25) is 5.91 Å². The van der Waals surface area contributed by atoms with Crippen LogP contribution in [-0.4, -0.2) is 29.9 Å². The first kappa shape index (κ1) is 18.5. The number of fused-ring (bicyclic) bond motifs is 1. The molecule has 0 bridgehead atoms. The van der Waals surface area contributed by atoms with Crippen molar-refractivity contribution in [1.82, 2.24) is 4.98 Å². The van der Waals surface area contributed by atoms with E-state index in [1.165, 1.54) is 11.8 Å². The lowest BCUT2D eigenvalue weighted by Crippen LogP contribution is -2.13. The van der Waals surface area contributed by atoms with E-state index in [9.17, 15) is 4.79 Å². The molecule has 0 fully saturated rings. The Kier molecular flexibility index (Phi) is 6.35. The first-order valence-electron chi connectivity index (χ1n) is 8.37. The monoisotopic (exact) mass is 388 g/mol. The van der Waals surface area contributed by atoms with Crippen LogP contribution in [0.15, 0.2) is 46.8 Å². The first-order valence-corrected chi connectivity index (χ1v) is 10.2. The van der Waals surface area contributed by atoms with E-state index in [0.717, 1.165) is 31.7 Å². The maximum atomic E-state index is 12.1. The molecule has 26 heavy (non-hydrogen) atoms. The molecule has 3 aromatic rings. The van der Waals surface area contributed by atoms with Crippen LogP contribution >= 0.6 is 23.1 Å². The van der Waals surface area contributed by atoms with Crippen molar-refractivity contribution in [2.45, 2.75) is 18.2 Å². The third-order valence-electron chi connectivity index (χ3n) is 3.43. The number of nitrogens with zero attached hydrogens (tertiary/aromatic N) is 1. The van der Waals surface area contributed by atoms with Crippen LogP contribution in [0.2, 0.25) is 0 Å². The Morgan fingerprint density at radius 3 is 2.50 bits per heavy atom. The first-order chi connectivity index (χ1) is 12.7. The quantitative estimate of drug-likeness (QED) is 0.560. The molecule has 1 heterocycles. The maximum absolute atomic E-state index is 12.1. The zero-order valence-corrected chi connectivity index (χ0v) is 16.3. The van der Waals surface area contributed by atoms with Crippen LogP contribution in [0.5, 0.6) is 11.5 Å². The molecule has 136 valence electrons. The Morgan fingerprint density at radius 2 is 1.77 bits per heavy atom. The zero-order chi connectivity index (χ0) is 18.4. The Labute approximate surface area is 160 Å². The van der Waals surface area contributed by atoms with Gasteiger partial charge >= 0.3 is 0 Å². The molecular weight excluding hydrogens is 368 g/mol. The minimum Gasteiger partial charge on any atom is -0.494 e. The fourth-order valence-electron chi connectivity index (χ4n) is 2.33. The molecule has 5 nitrogen and oxygen atoms in total. The standard InChI is InChI=1S/C19H20N2O3S2/c1-3-23-14-7-5-13(6-8-14)20-18(22)12-25-19-21-16-10-9-15(24-4-2)11-17(16)26-19/h5-11H,3-4,12H2,1-2H3,(H,20,22). The summed E-state index contributed by atoms with van der Waals surface area (Å²) < 4.78 is 12.8. The van der Waals surface area contributed by atoms with Gasteiger partial charge in [0, 0.05) is 5.69 Å². The van der Waals surface area contributed by atoms with Crippen LogP contribution in [0, 0.1) is 0 Å². The predicted molar refractivity (Wildman–Crippen MR) is 108 cm³/mol. The number of anilines is 1. The lowest BCUT2D eigenvalue weighted by molar-refractivity contribution is -0.113. The second kappa shape index (κ2) is 8.91. The number of aromatic nitrogens is 1. The number of nitrogens with one attached hydrogen (secondary N) is 1. The van der Waals surface area contributed by atoms with Gasteiger partial charge < -0.3 is 14.8 Å². The van der Waals surface area contributed by atoms with Gasteiger partial charge in [-0.3, -0.25) is 4.79 Å². The van der Waals surface area contributed by atoms with Crippen LogP contribution in [0.4, 0.5) is 5.69 Å². The van der Waals surface area contributed by atoms with Gasteiger partial charge in [-0.15, -0.1) is 11.3 Å². The molecule has 0 aliphatic rings. The van der Waals surface area contributed by atoms with Crippen LogP contribution in [0.3, 0.4) is 0 Å². The molecule has 0 spiro atoms. The van der Waals surface area contributed by atoms with Crippen LogP contribution in [0.1, 0.15) is 13.8 Å². The van der Waals surface area contributed by atoms with Crippen molar-refractivity contribution in [2.24, 2.45) is 0 Å². The highest BCUT2D eigenvalue weighted by Gasteiger charge is 2.09. The smallest absolute Gasteiger partial charge is 0.234 e. The normalized spacial score (nSPS) is 10.7. The van der Waals surface area contributed by atoms with E-state index in [1.807, 2.05) is 56.3 Å². The molecule has 2 aromatic carbocycles. The molecule has 7 heteroatoms. The summed E-state index contributed by atoms with van der Waals surface area (Å²) >= 11 is 3.00. The number of amides is 1. The van der Waals surface area contributed by atoms with Crippen molar-refractivity contribution in [3.63, 3.8) is 0 Å². The van der Waals surface area contributed by atoms with Crippen molar-refractivity contribution >= 4 is 44.9 Å². The Morgan fingerprint density at radius 1 is 1.08 bits per heavy atom. The largest absolute Gasteiger partial charge is 0.494 e. The lowest BCUT2D eigenvalue weighted by atomic mass is 10.3. The molecule has 1 N–H and O–H groups in total. The molecule has 1 amide bonds. The fourth-order valence-corrected chi connectivity index (χ4v) is 4.22. The maximum Gasteiger partial charge on any atom is 0.234 e. The number of hydrogen-bond donors (Lipinski definition) is 1. The van der Waals surface area contributed by atoms with E-state index in [-0.39, 0.29) is 5.91 Å². The second-order valence-electron chi connectivity index (χ2n) is 5.34. The van der Waals surface area contributed by atoms with Crippen molar-refractivity contribution in [3.05, 3.63) is 42.5 Å². The number of carbonyl (C=O) groups excluding carboxylic acids is 1. The van der Waals surface area contributed by atoms with Crippen LogP contribution in [-0.2, 0) is 4.79 Å². The molecule has 0 unspecified atom stereocenters. The fraction of sp³-hybridized carbons (Fsp3) is 0.263. The average Bonchev–Trinajstić information content (AvgIpc) is 3.04. The van der Waals surface area contributed by atoms with E-state index < -0.39 is 0 Å². The number of thioether (sulfide) groups is 1. The highest BCUT2D eigenvalue weighted by Crippen LogP contribution is 2.32. The summed E-state index contributed by atoms with van der Waals surface area (Å²) in [5.41, 5.74) is 1.68. The summed E-state index contributed by atoms with van der Waals surface area (Å²) in [6.07, 6.45) is 0. The van der Waals surface area contributed by atoms with Gasteiger partial charge in [-0.1, -0.05) is 11.8 Å². The SMILES string of the molecule is CCOc1ccc(NC(=O)CSc2nc3ccc(OCC)cc3s2)cc1. The van der Waals surface area contributed by atoms with E-state index in [1.54, 1.807) is 11.3 Å². The number of hydrogen-bond acceptors (Lipinski definition) is 6. The molecule has 0 aliphatic heterocycles. The van der Waals surface area contributed by atoms with E-state index in [4.69, 9.17) is 9.47 Å². The Balaban J connectivity index is 1.56. The molecule has 0 radical (unpaired) electrons. The summed E-state index contributed by atoms with van der Waals surface area (Å²) in [7, 11) is 0. The molecule has 0 saturated heterocycles. The van der Waals surface area contributed by atoms with Gasteiger partial charge in [-0.05, 0) is 56.3 Å². The van der Waals surface area contributed by atoms with E-state index >= 15 is 0 Å². The van der Waals surface area contributed by atoms with Crippen molar-refractivity contribution < 1.29 is 14.3 Å². The molecular formula is C19H20N2O3S2. The lowest BCUT2D eigenvalue weighted by Gasteiger charge is -2.06. The van der Waals surface area contributed by atoms with Gasteiger partial charge in [-0.25, -0.2) is 4.98 Å². The zero-order valence-electron chi connectivity index (χ0n) is 14.7. The summed E-state index contributed by atoms with van der Waals surface area (Å²) in [5.74, 6) is 1.88. The van der Waals surface area contributed by atoms with Gasteiger partial charge in [0.25, 0.3) is 0 Å². The minimum absolute atomic E-state index is 0.0616. The van der Waals surface area contributed by atoms with Gasteiger partial charge in [0.15, 0.2) is 4.34 Å². The van der Waals surface area contributed by atoms with Gasteiger partial charge in [-0.2, -0.15) is 0 Å². The Hall–Kier alpha value is -2.25. The molecule has 0 saturated carbocycles.